The van der Waals surface area contributed by atoms with Crippen LogP contribution in [0.25, 0.3) is 0 Å². The summed E-state index contributed by atoms with van der Waals surface area (Å²) >= 11 is 7.33. The number of aliphatic hydroxyl groups is 1. The fraction of sp³-hybridized carbons (Fsp3) is 0.200. The molecule has 0 aliphatic rings. The Bertz CT molecular complexity index is 646. The van der Waals surface area contributed by atoms with Crippen molar-refractivity contribution in [3.05, 3.63) is 53.2 Å². The summed E-state index contributed by atoms with van der Waals surface area (Å²) in [7, 11) is 0. The first-order chi connectivity index (χ1) is 10.2. The number of aliphatic hydroxyl groups excluding tert-OH is 1. The molecule has 0 saturated carbocycles. The molecule has 2 aromatic rings. The topological polar surface area (TPSA) is 66.1 Å². The molecule has 1 atom stereocenters. The highest BCUT2D eigenvalue weighted by Crippen LogP contribution is 2.23. The van der Waals surface area contributed by atoms with E-state index in [1.54, 1.807) is 30.5 Å². The zero-order valence-corrected chi connectivity index (χ0v) is 12.6. The third kappa shape index (κ3) is 4.94. The lowest BCUT2D eigenvalue weighted by Crippen LogP contribution is -2.20. The summed E-state index contributed by atoms with van der Waals surface area (Å²) in [4.78, 5) is 4.13. The second kappa shape index (κ2) is 7.89. The first-order valence-corrected chi connectivity index (χ1v) is 7.59. The zero-order valence-electron chi connectivity index (χ0n) is 11.1. The Hall–Kier alpha value is -1.74. The lowest BCUT2D eigenvalue weighted by atomic mass is 10.3. The predicted octanol–water partition coefficient (Wildman–Crippen LogP) is 3.14. The lowest BCUT2D eigenvalue weighted by molar-refractivity contribution is 0.126. The summed E-state index contributed by atoms with van der Waals surface area (Å²) in [5, 5.41) is 19.9. The van der Waals surface area contributed by atoms with Crippen LogP contribution in [0.1, 0.15) is 5.56 Å². The molecule has 0 fully saturated rings. The molecule has 1 N–H and O–H groups in total. The van der Waals surface area contributed by atoms with Crippen molar-refractivity contribution in [3.63, 3.8) is 0 Å². The summed E-state index contributed by atoms with van der Waals surface area (Å²) in [5.74, 6) is 0.972. The van der Waals surface area contributed by atoms with Crippen LogP contribution in [0.4, 0.5) is 0 Å². The molecule has 0 amide bonds. The van der Waals surface area contributed by atoms with E-state index in [4.69, 9.17) is 21.6 Å². The summed E-state index contributed by atoms with van der Waals surface area (Å²) in [6, 6.07) is 12.5. The summed E-state index contributed by atoms with van der Waals surface area (Å²) in [6.07, 6.45) is 0.923. The maximum Gasteiger partial charge on any atom is 0.138 e. The third-order valence-corrected chi connectivity index (χ3v) is 3.94. The van der Waals surface area contributed by atoms with E-state index in [1.165, 1.54) is 11.8 Å². The number of nitrogens with zero attached hydrogens (tertiary/aromatic N) is 2. The van der Waals surface area contributed by atoms with Crippen LogP contribution in [-0.2, 0) is 0 Å². The van der Waals surface area contributed by atoms with Gasteiger partial charge < -0.3 is 9.84 Å². The van der Waals surface area contributed by atoms with Gasteiger partial charge in [0, 0.05) is 11.9 Å². The van der Waals surface area contributed by atoms with Gasteiger partial charge in [-0.05, 0) is 24.3 Å². The highest BCUT2D eigenvalue weighted by atomic mass is 35.5. The smallest absolute Gasteiger partial charge is 0.138 e. The number of hydrogen-bond donors (Lipinski definition) is 1. The van der Waals surface area contributed by atoms with Crippen LogP contribution in [-0.4, -0.2) is 28.6 Å². The fourth-order valence-electron chi connectivity index (χ4n) is 1.54. The van der Waals surface area contributed by atoms with Gasteiger partial charge in [0.15, 0.2) is 0 Å². The summed E-state index contributed by atoms with van der Waals surface area (Å²) in [6.45, 7) is 0.147. The minimum Gasteiger partial charge on any atom is -0.489 e. The molecule has 0 saturated heterocycles. The number of aromatic nitrogens is 1. The summed E-state index contributed by atoms with van der Waals surface area (Å²) in [5.41, 5.74) is 0.550. The highest BCUT2D eigenvalue weighted by Gasteiger charge is 2.09. The molecule has 0 unspecified atom stereocenters. The molecule has 6 heteroatoms. The number of ether oxygens (including phenoxy) is 1. The van der Waals surface area contributed by atoms with Crippen LogP contribution in [0.3, 0.4) is 0 Å². The van der Waals surface area contributed by atoms with E-state index < -0.39 is 6.10 Å². The SMILES string of the molecule is N#Cc1ccnc(SC[C@@H](O)COc2ccccc2Cl)c1. The number of halogens is 1. The van der Waals surface area contributed by atoms with Gasteiger partial charge in [0.25, 0.3) is 0 Å². The summed E-state index contributed by atoms with van der Waals surface area (Å²) < 4.78 is 5.46. The minimum atomic E-state index is -0.654. The van der Waals surface area contributed by atoms with Crippen molar-refractivity contribution in [1.29, 1.82) is 5.26 Å². The number of para-hydroxylation sites is 1. The van der Waals surface area contributed by atoms with Crippen molar-refractivity contribution in [2.24, 2.45) is 0 Å². The van der Waals surface area contributed by atoms with Crippen molar-refractivity contribution in [3.8, 4) is 11.8 Å². The predicted molar refractivity (Wildman–Crippen MR) is 82.6 cm³/mol. The standard InChI is InChI=1S/C15H13ClN2O2S/c16-13-3-1-2-4-14(13)20-9-12(19)10-21-15-7-11(8-17)5-6-18-15/h1-7,12,19H,9-10H2/t12-/m0/s1. The molecule has 0 spiro atoms. The number of pyridine rings is 1. The largest absolute Gasteiger partial charge is 0.489 e. The Morgan fingerprint density at radius 2 is 2.19 bits per heavy atom. The Morgan fingerprint density at radius 1 is 1.38 bits per heavy atom. The van der Waals surface area contributed by atoms with Gasteiger partial charge in [0.05, 0.1) is 27.8 Å². The van der Waals surface area contributed by atoms with Crippen LogP contribution in [0.15, 0.2) is 47.6 Å². The molecule has 108 valence electrons. The normalized spacial score (nSPS) is 11.7. The van der Waals surface area contributed by atoms with Gasteiger partial charge in [-0.25, -0.2) is 4.98 Å². The molecular weight excluding hydrogens is 308 g/mol. The van der Waals surface area contributed by atoms with Crippen molar-refractivity contribution < 1.29 is 9.84 Å². The molecule has 1 aromatic carbocycles. The second-order valence-electron chi connectivity index (χ2n) is 4.20. The van der Waals surface area contributed by atoms with Crippen molar-refractivity contribution in [1.82, 2.24) is 4.98 Å². The van der Waals surface area contributed by atoms with E-state index in [2.05, 4.69) is 11.1 Å². The Balaban J connectivity index is 1.81. The van der Waals surface area contributed by atoms with Gasteiger partial charge in [-0.15, -0.1) is 11.8 Å². The maximum atomic E-state index is 9.91. The molecule has 1 heterocycles. The van der Waals surface area contributed by atoms with Gasteiger partial charge in [-0.1, -0.05) is 23.7 Å². The number of nitriles is 1. The van der Waals surface area contributed by atoms with Crippen molar-refractivity contribution in [2.45, 2.75) is 11.1 Å². The molecule has 0 bridgehead atoms. The van der Waals surface area contributed by atoms with Gasteiger partial charge in [0.2, 0.25) is 0 Å². The van der Waals surface area contributed by atoms with E-state index in [-0.39, 0.29) is 6.61 Å². The first kappa shape index (κ1) is 15.6. The number of benzene rings is 1. The highest BCUT2D eigenvalue weighted by molar-refractivity contribution is 7.99. The maximum absolute atomic E-state index is 9.91. The Morgan fingerprint density at radius 3 is 2.95 bits per heavy atom. The molecule has 1 aromatic heterocycles. The lowest BCUT2D eigenvalue weighted by Gasteiger charge is -2.12. The number of thioether (sulfide) groups is 1. The zero-order chi connectivity index (χ0) is 15.1. The second-order valence-corrected chi connectivity index (χ2v) is 5.65. The van der Waals surface area contributed by atoms with Crippen LogP contribution in [0.5, 0.6) is 5.75 Å². The fourth-order valence-corrected chi connectivity index (χ4v) is 2.53. The van der Waals surface area contributed by atoms with Crippen molar-refractivity contribution >= 4 is 23.4 Å². The molecule has 4 nitrogen and oxygen atoms in total. The van der Waals surface area contributed by atoms with Gasteiger partial charge >= 0.3 is 0 Å². The van der Waals surface area contributed by atoms with E-state index in [0.717, 1.165) is 0 Å². The van der Waals surface area contributed by atoms with Crippen LogP contribution < -0.4 is 4.74 Å². The molecule has 21 heavy (non-hydrogen) atoms. The minimum absolute atomic E-state index is 0.147. The Kier molecular flexibility index (Phi) is 5.88. The van der Waals surface area contributed by atoms with E-state index in [1.807, 2.05) is 12.1 Å². The average Bonchev–Trinajstić information content (AvgIpc) is 2.52. The van der Waals surface area contributed by atoms with Crippen LogP contribution in [0, 0.1) is 11.3 Å². The van der Waals surface area contributed by atoms with E-state index in [0.29, 0.717) is 27.1 Å². The van der Waals surface area contributed by atoms with E-state index in [9.17, 15) is 5.11 Å². The van der Waals surface area contributed by atoms with E-state index >= 15 is 0 Å². The van der Waals surface area contributed by atoms with Crippen molar-refractivity contribution in [2.75, 3.05) is 12.4 Å². The third-order valence-electron chi connectivity index (χ3n) is 2.56. The Labute approximate surface area is 132 Å². The molecule has 0 radical (unpaired) electrons. The van der Waals surface area contributed by atoms with Gasteiger partial charge in [-0.3, -0.25) is 0 Å². The van der Waals surface area contributed by atoms with Crippen LogP contribution >= 0.6 is 23.4 Å². The quantitative estimate of drug-likeness (QED) is 0.828. The molecule has 0 aliphatic carbocycles. The first-order valence-electron chi connectivity index (χ1n) is 6.23. The van der Waals surface area contributed by atoms with Gasteiger partial charge in [-0.2, -0.15) is 5.26 Å². The average molecular weight is 321 g/mol. The number of rotatable bonds is 6. The van der Waals surface area contributed by atoms with Crippen LogP contribution in [0.2, 0.25) is 5.02 Å². The molecular formula is C15H13ClN2O2S. The molecule has 2 rings (SSSR count). The van der Waals surface area contributed by atoms with Gasteiger partial charge in [0.1, 0.15) is 12.4 Å². The monoisotopic (exact) mass is 320 g/mol. The molecule has 0 aliphatic heterocycles. The number of hydrogen-bond acceptors (Lipinski definition) is 5.